The molecule has 0 bridgehead atoms. The van der Waals surface area contributed by atoms with Gasteiger partial charge in [-0.3, -0.25) is 4.99 Å². The molecule has 0 amide bonds. The number of hydrogen-bond donors (Lipinski definition) is 0. The van der Waals surface area contributed by atoms with Gasteiger partial charge in [-0.05, 0) is 43.0 Å². The Morgan fingerprint density at radius 1 is 1.10 bits per heavy atom. The fourth-order valence-electron chi connectivity index (χ4n) is 3.67. The van der Waals surface area contributed by atoms with Crippen LogP contribution in [0.1, 0.15) is 24.0 Å². The minimum Gasteiger partial charge on any atom is -0.497 e. The Labute approximate surface area is 180 Å². The van der Waals surface area contributed by atoms with E-state index in [2.05, 4.69) is 41.2 Å². The summed E-state index contributed by atoms with van der Waals surface area (Å²) in [5.74, 6) is 1.53. The molecule has 0 atom stereocenters. The van der Waals surface area contributed by atoms with E-state index in [1.165, 1.54) is 11.1 Å². The molecule has 0 saturated heterocycles. The lowest BCUT2D eigenvalue weighted by Gasteiger charge is -2.18. The Bertz CT molecular complexity index is 1160. The highest BCUT2D eigenvalue weighted by Gasteiger charge is 2.18. The van der Waals surface area contributed by atoms with Crippen LogP contribution in [-0.2, 0) is 6.42 Å². The third kappa shape index (κ3) is 3.96. The third-order valence-corrected chi connectivity index (χ3v) is 5.99. The summed E-state index contributed by atoms with van der Waals surface area (Å²) in [4.78, 5) is 5.50. The standard InChI is InChI=1S/C24H25N3O2S/c1-4-14-25-24-27(26-21-11-7-9-17-8-5-6-10-19(17)21)22(16-30-24)20-15-18(28-2)12-13-23(20)29-3/h4-6,8,10,12-13,15-16H,1,7,9,11,14H2,2-3H3. The average Bonchev–Trinajstić information content (AvgIpc) is 3.19. The lowest BCUT2D eigenvalue weighted by atomic mass is 9.90. The van der Waals surface area contributed by atoms with Crippen LogP contribution in [-0.4, -0.2) is 31.2 Å². The van der Waals surface area contributed by atoms with Gasteiger partial charge in [0.15, 0.2) is 0 Å². The zero-order valence-electron chi connectivity index (χ0n) is 17.3. The van der Waals surface area contributed by atoms with Crippen molar-refractivity contribution in [1.82, 2.24) is 4.68 Å². The van der Waals surface area contributed by atoms with Gasteiger partial charge in [0.05, 0.1) is 32.2 Å². The van der Waals surface area contributed by atoms with Gasteiger partial charge in [0.25, 0.3) is 0 Å². The zero-order valence-corrected chi connectivity index (χ0v) is 18.1. The predicted octanol–water partition coefficient (Wildman–Crippen LogP) is 4.91. The Morgan fingerprint density at radius 2 is 1.97 bits per heavy atom. The molecule has 1 aliphatic rings. The van der Waals surface area contributed by atoms with E-state index in [1.54, 1.807) is 31.6 Å². The summed E-state index contributed by atoms with van der Waals surface area (Å²) in [5, 5.41) is 7.17. The van der Waals surface area contributed by atoms with E-state index >= 15 is 0 Å². The van der Waals surface area contributed by atoms with E-state index in [4.69, 9.17) is 14.6 Å². The first-order valence-electron chi connectivity index (χ1n) is 9.95. The summed E-state index contributed by atoms with van der Waals surface area (Å²) in [6, 6.07) is 14.3. The number of ether oxygens (including phenoxy) is 2. The van der Waals surface area contributed by atoms with Crippen LogP contribution in [0.3, 0.4) is 0 Å². The van der Waals surface area contributed by atoms with Gasteiger partial charge in [-0.1, -0.05) is 30.3 Å². The Kier molecular flexibility index (Phi) is 6.14. The molecule has 3 aromatic rings. The van der Waals surface area contributed by atoms with Crippen molar-refractivity contribution in [3.05, 3.63) is 76.4 Å². The largest absolute Gasteiger partial charge is 0.497 e. The lowest BCUT2D eigenvalue weighted by Crippen LogP contribution is -2.18. The highest BCUT2D eigenvalue weighted by atomic mass is 32.1. The molecule has 0 unspecified atom stereocenters. The first-order valence-corrected chi connectivity index (χ1v) is 10.8. The van der Waals surface area contributed by atoms with Crippen LogP contribution >= 0.6 is 11.3 Å². The van der Waals surface area contributed by atoms with Crippen LogP contribution in [0.5, 0.6) is 11.5 Å². The fraction of sp³-hybridized carbons (Fsp3) is 0.250. The van der Waals surface area contributed by atoms with Gasteiger partial charge in [0.1, 0.15) is 11.5 Å². The predicted molar refractivity (Wildman–Crippen MR) is 123 cm³/mol. The van der Waals surface area contributed by atoms with Crippen LogP contribution in [0.2, 0.25) is 0 Å². The van der Waals surface area contributed by atoms with Crippen molar-refractivity contribution in [1.29, 1.82) is 0 Å². The molecule has 4 rings (SSSR count). The second-order valence-corrected chi connectivity index (χ2v) is 7.80. The quantitative estimate of drug-likeness (QED) is 0.533. The van der Waals surface area contributed by atoms with Crippen molar-refractivity contribution in [2.24, 2.45) is 10.1 Å². The maximum Gasteiger partial charge on any atom is 0.206 e. The number of aryl methyl sites for hydroxylation is 1. The van der Waals surface area contributed by atoms with Crippen LogP contribution in [0.25, 0.3) is 11.3 Å². The van der Waals surface area contributed by atoms with E-state index in [-0.39, 0.29) is 0 Å². The normalized spacial score (nSPS) is 15.1. The van der Waals surface area contributed by atoms with E-state index in [9.17, 15) is 0 Å². The molecule has 0 aliphatic heterocycles. The topological polar surface area (TPSA) is 48.1 Å². The third-order valence-electron chi connectivity index (χ3n) is 5.13. The number of benzene rings is 2. The first kappa shape index (κ1) is 20.2. The summed E-state index contributed by atoms with van der Waals surface area (Å²) in [6.07, 6.45) is 4.92. The van der Waals surface area contributed by atoms with Gasteiger partial charge in [-0.15, -0.1) is 17.9 Å². The molecule has 0 radical (unpaired) electrons. The molecule has 0 spiro atoms. The summed E-state index contributed by atoms with van der Waals surface area (Å²) < 4.78 is 13.0. The lowest BCUT2D eigenvalue weighted by molar-refractivity contribution is 0.404. The minimum atomic E-state index is 0.538. The molecule has 1 aromatic heterocycles. The van der Waals surface area contributed by atoms with Crippen molar-refractivity contribution in [2.75, 3.05) is 20.8 Å². The van der Waals surface area contributed by atoms with Gasteiger partial charge >= 0.3 is 0 Å². The molecule has 30 heavy (non-hydrogen) atoms. The van der Waals surface area contributed by atoms with Crippen LogP contribution in [0.15, 0.2) is 70.6 Å². The summed E-state index contributed by atoms with van der Waals surface area (Å²) in [5.41, 5.74) is 5.50. The number of hydrogen-bond acceptors (Lipinski definition) is 5. The van der Waals surface area contributed by atoms with Crippen molar-refractivity contribution < 1.29 is 9.47 Å². The second-order valence-electron chi connectivity index (χ2n) is 6.97. The molecule has 1 aliphatic carbocycles. The van der Waals surface area contributed by atoms with Crippen LogP contribution in [0.4, 0.5) is 0 Å². The Balaban J connectivity index is 1.93. The van der Waals surface area contributed by atoms with Gasteiger partial charge in [-0.2, -0.15) is 5.10 Å². The number of methoxy groups -OCH3 is 2. The first-order chi connectivity index (χ1) is 14.7. The van der Waals surface area contributed by atoms with E-state index in [1.807, 2.05) is 22.9 Å². The van der Waals surface area contributed by atoms with Gasteiger partial charge in [0.2, 0.25) is 4.80 Å². The number of rotatable bonds is 6. The summed E-state index contributed by atoms with van der Waals surface area (Å²) in [6.45, 7) is 4.33. The van der Waals surface area contributed by atoms with Gasteiger partial charge in [-0.25, -0.2) is 4.68 Å². The zero-order chi connectivity index (χ0) is 20.9. The number of fused-ring (bicyclic) bond motifs is 1. The summed E-state index contributed by atoms with van der Waals surface area (Å²) >= 11 is 1.56. The molecule has 0 saturated carbocycles. The second kappa shape index (κ2) is 9.13. The highest BCUT2D eigenvalue weighted by Crippen LogP contribution is 2.34. The Morgan fingerprint density at radius 3 is 2.77 bits per heavy atom. The van der Waals surface area contributed by atoms with Crippen LogP contribution < -0.4 is 14.3 Å². The number of thiazole rings is 1. The molecule has 2 aromatic carbocycles. The van der Waals surface area contributed by atoms with Crippen molar-refractivity contribution in [2.45, 2.75) is 19.3 Å². The molecule has 6 heteroatoms. The van der Waals surface area contributed by atoms with Crippen molar-refractivity contribution in [3.63, 3.8) is 0 Å². The number of nitrogens with zero attached hydrogens (tertiary/aromatic N) is 3. The maximum absolute atomic E-state index is 5.63. The van der Waals surface area contributed by atoms with Crippen molar-refractivity contribution in [3.8, 4) is 22.8 Å². The van der Waals surface area contributed by atoms with E-state index in [0.717, 1.165) is 52.5 Å². The van der Waals surface area contributed by atoms with Gasteiger partial charge < -0.3 is 9.47 Å². The Hall–Kier alpha value is -3.12. The average molecular weight is 420 g/mol. The van der Waals surface area contributed by atoms with Gasteiger partial charge in [0, 0.05) is 16.5 Å². The highest BCUT2D eigenvalue weighted by molar-refractivity contribution is 7.07. The van der Waals surface area contributed by atoms with E-state index < -0.39 is 0 Å². The van der Waals surface area contributed by atoms with E-state index in [0.29, 0.717) is 6.54 Å². The molecular formula is C24H25N3O2S. The summed E-state index contributed by atoms with van der Waals surface area (Å²) in [7, 11) is 3.34. The number of aromatic nitrogens is 1. The molecule has 154 valence electrons. The van der Waals surface area contributed by atoms with Crippen LogP contribution in [0, 0.1) is 0 Å². The molecule has 5 nitrogen and oxygen atoms in total. The molecule has 0 N–H and O–H groups in total. The van der Waals surface area contributed by atoms with Crippen molar-refractivity contribution >= 4 is 17.0 Å². The SMILES string of the molecule is C=CCN=c1scc(-c2cc(OC)ccc2OC)n1N=C1CCCc2ccccc21. The minimum absolute atomic E-state index is 0.538. The molecule has 1 heterocycles. The fourth-order valence-corrected chi connectivity index (χ4v) is 4.50. The monoisotopic (exact) mass is 419 g/mol. The molecule has 0 fully saturated rings. The maximum atomic E-state index is 5.63. The molecular weight excluding hydrogens is 394 g/mol. The smallest absolute Gasteiger partial charge is 0.206 e.